The summed E-state index contributed by atoms with van der Waals surface area (Å²) in [5.41, 5.74) is 7.37. The number of morpholine rings is 1. The Bertz CT molecular complexity index is 1440. The number of carbonyl (C=O) groups excluding carboxylic acids is 1. The molecule has 0 atom stereocenters. The molecule has 2 aliphatic rings. The number of esters is 1. The highest BCUT2D eigenvalue weighted by atomic mass is 35.5. The first-order valence-corrected chi connectivity index (χ1v) is 15.1. The van der Waals surface area contributed by atoms with Gasteiger partial charge in [-0.15, -0.1) is 0 Å². The van der Waals surface area contributed by atoms with Crippen molar-refractivity contribution in [3.8, 4) is 5.75 Å². The van der Waals surface area contributed by atoms with E-state index in [1.54, 1.807) is 13.2 Å². The molecule has 1 aliphatic heterocycles. The van der Waals surface area contributed by atoms with E-state index in [-0.39, 0.29) is 5.97 Å². The first-order chi connectivity index (χ1) is 20.2. The zero-order valence-corrected chi connectivity index (χ0v) is 25.7. The number of methoxy groups -OCH3 is 1. The molecular formula is C36H40ClNO4. The van der Waals surface area contributed by atoms with Crippen LogP contribution >= 0.6 is 11.6 Å². The van der Waals surface area contributed by atoms with Crippen LogP contribution in [0.3, 0.4) is 0 Å². The monoisotopic (exact) mass is 585 g/mol. The standard InChI is InChI=1S/C36H40ClNO4/c1-36(2,3)42-33(39)19-10-25-8-11-27(12-9-25)34(28-13-15-29(16-14-28)38-20-22-41-23-21-38)35(26-6-5-7-26)31-18-17-30(40-4)24-32(31)37/h8-19,24,26H,5-7,20-23H2,1-4H3/b19-10+,35-34+. The van der Waals surface area contributed by atoms with Crippen LogP contribution in [0.15, 0.2) is 72.8 Å². The van der Waals surface area contributed by atoms with Crippen LogP contribution in [0.25, 0.3) is 17.2 Å². The van der Waals surface area contributed by atoms with Crippen LogP contribution in [0, 0.1) is 5.92 Å². The number of hydrogen-bond acceptors (Lipinski definition) is 5. The van der Waals surface area contributed by atoms with Crippen LogP contribution in [-0.2, 0) is 14.3 Å². The second-order valence-electron chi connectivity index (χ2n) is 11.9. The van der Waals surface area contributed by atoms with E-state index in [4.69, 9.17) is 25.8 Å². The van der Waals surface area contributed by atoms with Crippen LogP contribution in [0.2, 0.25) is 5.02 Å². The highest BCUT2D eigenvalue weighted by Gasteiger charge is 2.29. The summed E-state index contributed by atoms with van der Waals surface area (Å²) >= 11 is 6.93. The van der Waals surface area contributed by atoms with Crippen molar-refractivity contribution in [1.82, 2.24) is 0 Å². The highest BCUT2D eigenvalue weighted by Crippen LogP contribution is 2.47. The van der Waals surface area contributed by atoms with E-state index < -0.39 is 5.60 Å². The SMILES string of the molecule is COc1ccc(/C(=C(\c2ccc(/C=C/C(=O)OC(C)(C)C)cc2)c2ccc(N3CCOCC3)cc2)C2CCC2)c(Cl)c1. The molecule has 1 saturated carbocycles. The summed E-state index contributed by atoms with van der Waals surface area (Å²) in [4.78, 5) is 14.6. The predicted octanol–water partition coefficient (Wildman–Crippen LogP) is 8.30. The quantitative estimate of drug-likeness (QED) is 0.151. The van der Waals surface area contributed by atoms with E-state index in [9.17, 15) is 4.79 Å². The van der Waals surface area contributed by atoms with Crippen LogP contribution in [0.5, 0.6) is 5.75 Å². The third-order valence-corrected chi connectivity index (χ3v) is 8.11. The average molecular weight is 586 g/mol. The third-order valence-electron chi connectivity index (χ3n) is 7.80. The van der Waals surface area contributed by atoms with Crippen molar-refractivity contribution in [2.45, 2.75) is 45.6 Å². The summed E-state index contributed by atoms with van der Waals surface area (Å²) in [6.07, 6.45) is 6.75. The molecule has 3 aromatic carbocycles. The number of carbonyl (C=O) groups is 1. The average Bonchev–Trinajstić information content (AvgIpc) is 2.95. The summed E-state index contributed by atoms with van der Waals surface area (Å²) in [7, 11) is 1.66. The maximum absolute atomic E-state index is 12.2. The Balaban J connectivity index is 1.57. The first-order valence-electron chi connectivity index (χ1n) is 14.7. The second-order valence-corrected chi connectivity index (χ2v) is 12.3. The summed E-state index contributed by atoms with van der Waals surface area (Å²) in [5, 5.41) is 0.690. The Kier molecular flexibility index (Phi) is 9.40. The largest absolute Gasteiger partial charge is 0.497 e. The molecule has 1 saturated heterocycles. The molecular weight excluding hydrogens is 546 g/mol. The number of ether oxygens (including phenoxy) is 3. The molecule has 0 radical (unpaired) electrons. The van der Waals surface area contributed by atoms with Gasteiger partial charge in [-0.2, -0.15) is 0 Å². The van der Waals surface area contributed by atoms with E-state index in [1.165, 1.54) is 29.3 Å². The minimum Gasteiger partial charge on any atom is -0.497 e. The molecule has 5 nitrogen and oxygen atoms in total. The molecule has 220 valence electrons. The lowest BCUT2D eigenvalue weighted by atomic mass is 9.73. The van der Waals surface area contributed by atoms with Crippen molar-refractivity contribution >= 4 is 40.5 Å². The number of rotatable bonds is 8. The van der Waals surface area contributed by atoms with Crippen molar-refractivity contribution in [3.63, 3.8) is 0 Å². The lowest BCUT2D eigenvalue weighted by Gasteiger charge is -2.32. The minimum absolute atomic E-state index is 0.353. The highest BCUT2D eigenvalue weighted by molar-refractivity contribution is 6.33. The van der Waals surface area contributed by atoms with Crippen molar-refractivity contribution in [2.75, 3.05) is 38.3 Å². The maximum atomic E-state index is 12.2. The van der Waals surface area contributed by atoms with Crippen LogP contribution in [0.1, 0.15) is 62.3 Å². The van der Waals surface area contributed by atoms with Gasteiger partial charge >= 0.3 is 5.97 Å². The fourth-order valence-corrected chi connectivity index (χ4v) is 5.77. The molecule has 0 amide bonds. The number of halogens is 1. The lowest BCUT2D eigenvalue weighted by molar-refractivity contribution is -0.148. The van der Waals surface area contributed by atoms with Gasteiger partial charge in [0.2, 0.25) is 0 Å². The van der Waals surface area contributed by atoms with E-state index in [0.717, 1.165) is 67.1 Å². The fourth-order valence-electron chi connectivity index (χ4n) is 5.50. The van der Waals surface area contributed by atoms with Gasteiger partial charge in [0.15, 0.2) is 0 Å². The first kappa shape index (κ1) is 29.9. The Morgan fingerprint density at radius 2 is 1.60 bits per heavy atom. The Morgan fingerprint density at radius 1 is 0.952 bits per heavy atom. The summed E-state index contributed by atoms with van der Waals surface area (Å²) in [5.74, 6) is 0.805. The van der Waals surface area contributed by atoms with Gasteiger partial charge in [-0.25, -0.2) is 4.79 Å². The zero-order valence-electron chi connectivity index (χ0n) is 25.0. The summed E-state index contributed by atoms with van der Waals surface area (Å²) in [6.45, 7) is 8.90. The Morgan fingerprint density at radius 3 is 2.14 bits per heavy atom. The third kappa shape index (κ3) is 7.26. The topological polar surface area (TPSA) is 48.0 Å². The zero-order chi connectivity index (χ0) is 29.7. The predicted molar refractivity (Wildman–Crippen MR) is 172 cm³/mol. The smallest absolute Gasteiger partial charge is 0.331 e. The molecule has 3 aromatic rings. The Hall–Kier alpha value is -3.54. The van der Waals surface area contributed by atoms with Gasteiger partial charge in [-0.1, -0.05) is 54.4 Å². The van der Waals surface area contributed by atoms with E-state index in [2.05, 4.69) is 47.4 Å². The molecule has 0 unspecified atom stereocenters. The van der Waals surface area contributed by atoms with Crippen molar-refractivity contribution < 1.29 is 19.0 Å². The molecule has 5 rings (SSSR count). The number of benzene rings is 3. The minimum atomic E-state index is -0.525. The molecule has 2 fully saturated rings. The molecule has 0 spiro atoms. The maximum Gasteiger partial charge on any atom is 0.331 e. The van der Waals surface area contributed by atoms with Crippen molar-refractivity contribution in [2.24, 2.45) is 5.92 Å². The van der Waals surface area contributed by atoms with Gasteiger partial charge < -0.3 is 19.1 Å². The van der Waals surface area contributed by atoms with Crippen molar-refractivity contribution in [3.05, 3.63) is 100 Å². The second kappa shape index (κ2) is 13.2. The van der Waals surface area contributed by atoms with Gasteiger partial charge in [-0.05, 0) is 109 Å². The molecule has 0 aromatic heterocycles. The van der Waals surface area contributed by atoms with E-state index in [0.29, 0.717) is 10.9 Å². The van der Waals surface area contributed by atoms with Crippen LogP contribution in [0.4, 0.5) is 5.69 Å². The van der Waals surface area contributed by atoms with E-state index in [1.807, 2.05) is 45.0 Å². The van der Waals surface area contributed by atoms with Gasteiger partial charge in [0, 0.05) is 24.9 Å². The molecule has 1 aliphatic carbocycles. The van der Waals surface area contributed by atoms with Crippen LogP contribution < -0.4 is 9.64 Å². The van der Waals surface area contributed by atoms with Crippen molar-refractivity contribution in [1.29, 1.82) is 0 Å². The molecule has 1 heterocycles. The number of nitrogens with zero attached hydrogens (tertiary/aromatic N) is 1. The fraction of sp³-hybridized carbons (Fsp3) is 0.361. The number of hydrogen-bond donors (Lipinski definition) is 0. The normalized spacial score (nSPS) is 16.6. The van der Waals surface area contributed by atoms with E-state index >= 15 is 0 Å². The molecule has 42 heavy (non-hydrogen) atoms. The number of anilines is 1. The van der Waals surface area contributed by atoms with Gasteiger partial charge in [0.05, 0.1) is 25.3 Å². The molecule has 6 heteroatoms. The number of allylic oxidation sites excluding steroid dienone is 1. The summed E-state index contributed by atoms with van der Waals surface area (Å²) < 4.78 is 16.4. The molecule has 0 bridgehead atoms. The summed E-state index contributed by atoms with van der Waals surface area (Å²) in [6, 6.07) is 23.2. The van der Waals surface area contributed by atoms with Crippen LogP contribution in [-0.4, -0.2) is 45.0 Å². The van der Waals surface area contributed by atoms with Gasteiger partial charge in [0.1, 0.15) is 11.4 Å². The molecule has 0 N–H and O–H groups in total. The lowest BCUT2D eigenvalue weighted by Crippen LogP contribution is -2.36. The van der Waals surface area contributed by atoms with Gasteiger partial charge in [-0.3, -0.25) is 0 Å². The van der Waals surface area contributed by atoms with Gasteiger partial charge in [0.25, 0.3) is 0 Å². The Labute approximate surface area is 254 Å².